The third-order valence-electron chi connectivity index (χ3n) is 3.06. The fourth-order valence-electron chi connectivity index (χ4n) is 2.11. The summed E-state index contributed by atoms with van der Waals surface area (Å²) < 4.78 is 5.16. The molecule has 0 spiro atoms. The number of ether oxygens (including phenoxy) is 1. The van der Waals surface area contributed by atoms with Crippen LogP contribution in [0.4, 0.5) is 0 Å². The number of piperidine rings is 1. The highest BCUT2D eigenvalue weighted by molar-refractivity contribution is 4.84. The maximum absolute atomic E-state index is 9.09. The minimum Gasteiger partial charge on any atom is -0.394 e. The van der Waals surface area contributed by atoms with Crippen molar-refractivity contribution in [2.75, 3.05) is 40.0 Å². The van der Waals surface area contributed by atoms with Gasteiger partial charge in [-0.15, -0.1) is 0 Å². The van der Waals surface area contributed by atoms with Crippen LogP contribution in [0, 0.1) is 5.92 Å². The second kappa shape index (κ2) is 5.80. The lowest BCUT2D eigenvalue weighted by Crippen LogP contribution is -2.52. The summed E-state index contributed by atoms with van der Waals surface area (Å²) in [5.74, 6) is 0.699. The van der Waals surface area contributed by atoms with Crippen LogP contribution in [0.5, 0.6) is 0 Å². The van der Waals surface area contributed by atoms with Crippen molar-refractivity contribution in [3.63, 3.8) is 0 Å². The number of nitrogens with zero attached hydrogens (tertiary/aromatic N) is 1. The fourth-order valence-corrected chi connectivity index (χ4v) is 2.11. The second-order valence-corrected chi connectivity index (χ2v) is 4.99. The Morgan fingerprint density at radius 1 is 1.47 bits per heavy atom. The highest BCUT2D eigenvalue weighted by Gasteiger charge is 2.25. The van der Waals surface area contributed by atoms with Gasteiger partial charge in [0.15, 0.2) is 0 Å². The number of hydrogen-bond acceptors (Lipinski definition) is 4. The lowest BCUT2D eigenvalue weighted by atomic mass is 9.96. The minimum absolute atomic E-state index is 0.0466. The van der Waals surface area contributed by atoms with Crippen molar-refractivity contribution in [3.8, 4) is 0 Å². The van der Waals surface area contributed by atoms with Crippen LogP contribution in [-0.2, 0) is 4.74 Å². The van der Waals surface area contributed by atoms with Gasteiger partial charge in [-0.3, -0.25) is 0 Å². The Bertz CT molecular complexity index is 177. The van der Waals surface area contributed by atoms with Crippen molar-refractivity contribution in [1.82, 2.24) is 4.90 Å². The van der Waals surface area contributed by atoms with Crippen LogP contribution in [0.2, 0.25) is 0 Å². The molecule has 1 aliphatic rings. The van der Waals surface area contributed by atoms with Crippen LogP contribution in [0.1, 0.15) is 19.8 Å². The SMILES string of the molecule is COCC1CCN(CC(C)(N)CO)CC1. The molecule has 90 valence electrons. The van der Waals surface area contributed by atoms with Crippen LogP contribution in [0.25, 0.3) is 0 Å². The topological polar surface area (TPSA) is 58.7 Å². The average Bonchev–Trinajstić information content (AvgIpc) is 2.21. The first kappa shape index (κ1) is 12.9. The van der Waals surface area contributed by atoms with Crippen LogP contribution in [-0.4, -0.2) is 55.5 Å². The molecule has 4 heteroatoms. The van der Waals surface area contributed by atoms with Gasteiger partial charge < -0.3 is 20.5 Å². The van der Waals surface area contributed by atoms with E-state index in [0.717, 1.165) is 26.2 Å². The summed E-state index contributed by atoms with van der Waals surface area (Å²) >= 11 is 0. The molecular weight excluding hydrogens is 192 g/mol. The zero-order valence-electron chi connectivity index (χ0n) is 9.91. The first-order chi connectivity index (χ1) is 7.07. The Balaban J connectivity index is 2.25. The Morgan fingerprint density at radius 3 is 2.53 bits per heavy atom. The molecule has 15 heavy (non-hydrogen) atoms. The van der Waals surface area contributed by atoms with Crippen LogP contribution < -0.4 is 5.73 Å². The molecule has 1 unspecified atom stereocenters. The molecule has 0 bridgehead atoms. The Morgan fingerprint density at radius 2 is 2.07 bits per heavy atom. The number of hydrogen-bond donors (Lipinski definition) is 2. The van der Waals surface area contributed by atoms with E-state index in [4.69, 9.17) is 15.6 Å². The van der Waals surface area contributed by atoms with Crippen molar-refractivity contribution < 1.29 is 9.84 Å². The molecular formula is C11H24N2O2. The largest absolute Gasteiger partial charge is 0.394 e. The summed E-state index contributed by atoms with van der Waals surface area (Å²) in [5, 5.41) is 9.09. The molecule has 1 saturated heterocycles. The molecule has 1 atom stereocenters. The van der Waals surface area contributed by atoms with Crippen LogP contribution in [0.3, 0.4) is 0 Å². The third-order valence-corrected chi connectivity index (χ3v) is 3.06. The summed E-state index contributed by atoms with van der Waals surface area (Å²) in [4.78, 5) is 2.34. The van der Waals surface area contributed by atoms with E-state index in [9.17, 15) is 0 Å². The molecule has 0 saturated carbocycles. The predicted octanol–water partition coefficient (Wildman–Crippen LogP) is 0.0545. The summed E-state index contributed by atoms with van der Waals surface area (Å²) in [6, 6.07) is 0. The van der Waals surface area contributed by atoms with E-state index in [1.807, 2.05) is 6.92 Å². The summed E-state index contributed by atoms with van der Waals surface area (Å²) in [6.07, 6.45) is 2.35. The number of rotatable bonds is 5. The summed E-state index contributed by atoms with van der Waals surface area (Å²) in [5.41, 5.74) is 5.46. The highest BCUT2D eigenvalue weighted by atomic mass is 16.5. The standard InChI is InChI=1S/C11H24N2O2/c1-11(12,9-14)8-13-5-3-10(4-6-13)7-15-2/h10,14H,3-9,12H2,1-2H3. The normalized spacial score (nSPS) is 24.0. The fraction of sp³-hybridized carbons (Fsp3) is 1.00. The molecule has 1 fully saturated rings. The molecule has 0 aromatic heterocycles. The lowest BCUT2D eigenvalue weighted by Gasteiger charge is -2.36. The number of likely N-dealkylation sites (tertiary alicyclic amines) is 1. The first-order valence-electron chi connectivity index (χ1n) is 5.68. The minimum atomic E-state index is -0.464. The highest BCUT2D eigenvalue weighted by Crippen LogP contribution is 2.18. The van der Waals surface area contributed by atoms with Gasteiger partial charge in [-0.05, 0) is 38.8 Å². The molecule has 4 nitrogen and oxygen atoms in total. The smallest absolute Gasteiger partial charge is 0.0621 e. The van der Waals surface area contributed by atoms with Gasteiger partial charge in [-0.25, -0.2) is 0 Å². The van der Waals surface area contributed by atoms with Crippen molar-refractivity contribution in [2.24, 2.45) is 11.7 Å². The van der Waals surface area contributed by atoms with Gasteiger partial charge in [-0.2, -0.15) is 0 Å². The van der Waals surface area contributed by atoms with E-state index in [1.165, 1.54) is 12.8 Å². The maximum Gasteiger partial charge on any atom is 0.0621 e. The average molecular weight is 216 g/mol. The van der Waals surface area contributed by atoms with E-state index in [-0.39, 0.29) is 6.61 Å². The molecule has 3 N–H and O–H groups in total. The maximum atomic E-state index is 9.09. The Hall–Kier alpha value is -0.160. The van der Waals surface area contributed by atoms with Crippen molar-refractivity contribution >= 4 is 0 Å². The number of methoxy groups -OCH3 is 1. The summed E-state index contributed by atoms with van der Waals surface area (Å²) in [7, 11) is 1.76. The molecule has 0 aromatic carbocycles. The third kappa shape index (κ3) is 4.47. The van der Waals surface area contributed by atoms with E-state index in [0.29, 0.717) is 5.92 Å². The van der Waals surface area contributed by atoms with Gasteiger partial charge in [0.1, 0.15) is 0 Å². The quantitative estimate of drug-likeness (QED) is 0.682. The van der Waals surface area contributed by atoms with E-state index in [2.05, 4.69) is 4.90 Å². The van der Waals surface area contributed by atoms with Gasteiger partial charge in [0.25, 0.3) is 0 Å². The zero-order valence-corrected chi connectivity index (χ0v) is 9.91. The van der Waals surface area contributed by atoms with Gasteiger partial charge >= 0.3 is 0 Å². The summed E-state index contributed by atoms with van der Waals surface area (Å²) in [6.45, 7) is 5.73. The number of aliphatic hydroxyl groups is 1. The number of aliphatic hydroxyl groups excluding tert-OH is 1. The van der Waals surface area contributed by atoms with Gasteiger partial charge in [-0.1, -0.05) is 0 Å². The van der Waals surface area contributed by atoms with Crippen LogP contribution >= 0.6 is 0 Å². The first-order valence-corrected chi connectivity index (χ1v) is 5.68. The molecule has 1 heterocycles. The molecule has 0 amide bonds. The second-order valence-electron chi connectivity index (χ2n) is 4.99. The van der Waals surface area contributed by atoms with Crippen LogP contribution in [0.15, 0.2) is 0 Å². The van der Waals surface area contributed by atoms with Crippen molar-refractivity contribution in [1.29, 1.82) is 0 Å². The number of nitrogens with two attached hydrogens (primary N) is 1. The predicted molar refractivity (Wildman–Crippen MR) is 60.7 cm³/mol. The van der Waals surface area contributed by atoms with Gasteiger partial charge in [0.05, 0.1) is 6.61 Å². The molecule has 1 rings (SSSR count). The molecule has 0 aliphatic carbocycles. The van der Waals surface area contributed by atoms with Gasteiger partial charge in [0, 0.05) is 25.8 Å². The van der Waals surface area contributed by atoms with E-state index >= 15 is 0 Å². The Kier molecular flexibility index (Phi) is 4.99. The lowest BCUT2D eigenvalue weighted by molar-refractivity contribution is 0.0801. The van der Waals surface area contributed by atoms with Crippen molar-refractivity contribution in [2.45, 2.75) is 25.3 Å². The van der Waals surface area contributed by atoms with E-state index in [1.54, 1.807) is 7.11 Å². The molecule has 0 radical (unpaired) electrons. The van der Waals surface area contributed by atoms with Gasteiger partial charge in [0.2, 0.25) is 0 Å². The monoisotopic (exact) mass is 216 g/mol. The molecule has 1 aliphatic heterocycles. The van der Waals surface area contributed by atoms with E-state index < -0.39 is 5.54 Å². The van der Waals surface area contributed by atoms with Crippen molar-refractivity contribution in [3.05, 3.63) is 0 Å². The zero-order chi connectivity index (χ0) is 11.3. The molecule has 0 aromatic rings. The Labute approximate surface area is 92.4 Å².